The van der Waals surface area contributed by atoms with Gasteiger partial charge < -0.3 is 5.73 Å². The van der Waals surface area contributed by atoms with E-state index in [2.05, 4.69) is 41.3 Å². The van der Waals surface area contributed by atoms with Gasteiger partial charge in [0.2, 0.25) is 0 Å². The van der Waals surface area contributed by atoms with Gasteiger partial charge in [-0.1, -0.05) is 15.9 Å². The van der Waals surface area contributed by atoms with Crippen LogP contribution in [0.4, 0.5) is 11.4 Å². The van der Waals surface area contributed by atoms with Crippen LogP contribution in [-0.4, -0.2) is 14.5 Å². The number of hydrogen-bond acceptors (Lipinski definition) is 3. The fourth-order valence-corrected chi connectivity index (χ4v) is 3.84. The second-order valence-corrected chi connectivity index (χ2v) is 6.95. The maximum Gasteiger partial charge on any atom is 0.299 e. The van der Waals surface area contributed by atoms with E-state index in [4.69, 9.17) is 5.73 Å². The molecular formula is C9H13Br2N3O2S. The molecule has 0 bridgehead atoms. The summed E-state index contributed by atoms with van der Waals surface area (Å²) in [6.07, 6.45) is 0. The smallest absolute Gasteiger partial charge is 0.299 e. The van der Waals surface area contributed by atoms with E-state index in [0.29, 0.717) is 15.8 Å². The molecule has 5 nitrogen and oxygen atoms in total. The van der Waals surface area contributed by atoms with Crippen molar-refractivity contribution in [3.63, 3.8) is 0 Å². The topological polar surface area (TPSA) is 84.2 Å². The Bertz CT molecular complexity index is 494. The van der Waals surface area contributed by atoms with Crippen LogP contribution < -0.4 is 15.2 Å². The van der Waals surface area contributed by atoms with Crippen LogP contribution in [0.3, 0.4) is 0 Å². The van der Waals surface area contributed by atoms with Gasteiger partial charge in [0.05, 0.1) is 11.4 Å². The van der Waals surface area contributed by atoms with Crippen molar-refractivity contribution in [2.75, 3.05) is 10.5 Å². The zero-order valence-electron chi connectivity index (χ0n) is 9.29. The van der Waals surface area contributed by atoms with E-state index in [1.165, 1.54) is 0 Å². The molecule has 1 aromatic rings. The Kier molecular flexibility index (Phi) is 4.82. The molecule has 0 spiro atoms. The summed E-state index contributed by atoms with van der Waals surface area (Å²) in [5.41, 5.74) is 6.40. The van der Waals surface area contributed by atoms with Crippen LogP contribution in [0.1, 0.15) is 13.8 Å². The molecule has 1 aromatic carbocycles. The highest BCUT2D eigenvalue weighted by Crippen LogP contribution is 2.32. The third-order valence-electron chi connectivity index (χ3n) is 1.71. The summed E-state index contributed by atoms with van der Waals surface area (Å²) < 4.78 is 29.5. The van der Waals surface area contributed by atoms with Crippen molar-refractivity contribution in [2.24, 2.45) is 0 Å². The summed E-state index contributed by atoms with van der Waals surface area (Å²) in [5, 5.41) is 0. The minimum absolute atomic E-state index is 0.192. The normalized spacial score (nSPS) is 11.8. The van der Waals surface area contributed by atoms with Crippen LogP contribution >= 0.6 is 31.9 Å². The number of rotatable bonds is 4. The maximum absolute atomic E-state index is 11.7. The van der Waals surface area contributed by atoms with Gasteiger partial charge in [0, 0.05) is 15.0 Å². The summed E-state index contributed by atoms with van der Waals surface area (Å²) >= 11 is 6.52. The average Bonchev–Trinajstić information content (AvgIpc) is 2.09. The van der Waals surface area contributed by atoms with Crippen LogP contribution in [0.2, 0.25) is 0 Å². The van der Waals surface area contributed by atoms with Crippen molar-refractivity contribution in [2.45, 2.75) is 19.9 Å². The first kappa shape index (κ1) is 14.7. The lowest BCUT2D eigenvalue weighted by Crippen LogP contribution is -2.35. The summed E-state index contributed by atoms with van der Waals surface area (Å²) in [6.45, 7) is 3.47. The molecule has 0 radical (unpaired) electrons. The first-order valence-corrected chi connectivity index (χ1v) is 7.83. The van der Waals surface area contributed by atoms with Crippen LogP contribution in [-0.2, 0) is 10.2 Å². The molecule has 0 heterocycles. The van der Waals surface area contributed by atoms with Crippen LogP contribution in [0.15, 0.2) is 21.1 Å². The predicted octanol–water partition coefficient (Wildman–Crippen LogP) is 2.45. The minimum atomic E-state index is -3.62. The van der Waals surface area contributed by atoms with Gasteiger partial charge in [0.15, 0.2) is 0 Å². The van der Waals surface area contributed by atoms with E-state index in [1.54, 1.807) is 26.0 Å². The standard InChI is InChI=1S/C9H13Br2N3O2S/c1-5(2)13-17(15,16)14-9-7(11)3-6(10)4-8(9)12/h3-5,13-14H,12H2,1-2H3. The zero-order chi connectivity index (χ0) is 13.2. The number of nitrogens with one attached hydrogen (secondary N) is 2. The summed E-state index contributed by atoms with van der Waals surface area (Å²) in [4.78, 5) is 0. The molecular weight excluding hydrogens is 374 g/mol. The van der Waals surface area contributed by atoms with Crippen LogP contribution in [0.5, 0.6) is 0 Å². The van der Waals surface area contributed by atoms with Gasteiger partial charge in [-0.2, -0.15) is 13.1 Å². The second-order valence-electron chi connectivity index (χ2n) is 3.73. The number of nitrogen functional groups attached to an aromatic ring is 1. The van der Waals surface area contributed by atoms with Crippen LogP contribution in [0.25, 0.3) is 0 Å². The Morgan fingerprint density at radius 1 is 1.29 bits per heavy atom. The molecule has 0 saturated heterocycles. The summed E-state index contributed by atoms with van der Waals surface area (Å²) in [7, 11) is -3.62. The Balaban J connectivity index is 3.04. The van der Waals surface area contributed by atoms with Crippen LogP contribution in [0, 0.1) is 0 Å². The highest BCUT2D eigenvalue weighted by molar-refractivity contribution is 9.11. The molecule has 0 aliphatic carbocycles. The molecule has 0 saturated carbocycles. The molecule has 0 unspecified atom stereocenters. The number of hydrogen-bond donors (Lipinski definition) is 3. The zero-order valence-corrected chi connectivity index (χ0v) is 13.3. The Morgan fingerprint density at radius 2 is 1.88 bits per heavy atom. The number of anilines is 2. The Morgan fingerprint density at radius 3 is 2.35 bits per heavy atom. The van der Waals surface area contributed by atoms with Crippen molar-refractivity contribution in [1.29, 1.82) is 0 Å². The second kappa shape index (κ2) is 5.55. The van der Waals surface area contributed by atoms with Crippen molar-refractivity contribution in [3.05, 3.63) is 21.1 Å². The lowest BCUT2D eigenvalue weighted by molar-refractivity contribution is 0.575. The van der Waals surface area contributed by atoms with Crippen molar-refractivity contribution >= 4 is 53.4 Å². The summed E-state index contributed by atoms with van der Waals surface area (Å²) in [5.74, 6) is 0. The fraction of sp³-hybridized carbons (Fsp3) is 0.333. The molecule has 4 N–H and O–H groups in total. The molecule has 0 aliphatic heterocycles. The highest BCUT2D eigenvalue weighted by Gasteiger charge is 2.15. The first-order chi connectivity index (χ1) is 7.71. The summed E-state index contributed by atoms with van der Waals surface area (Å²) in [6, 6.07) is 3.14. The monoisotopic (exact) mass is 385 g/mol. The van der Waals surface area contributed by atoms with Gasteiger partial charge in [-0.15, -0.1) is 0 Å². The lowest BCUT2D eigenvalue weighted by atomic mass is 10.3. The molecule has 17 heavy (non-hydrogen) atoms. The fourth-order valence-electron chi connectivity index (χ4n) is 1.18. The van der Waals surface area contributed by atoms with Crippen molar-refractivity contribution in [3.8, 4) is 0 Å². The van der Waals surface area contributed by atoms with Gasteiger partial charge in [-0.05, 0) is 41.9 Å². The van der Waals surface area contributed by atoms with Gasteiger partial charge in [0.1, 0.15) is 0 Å². The molecule has 96 valence electrons. The van der Waals surface area contributed by atoms with Crippen molar-refractivity contribution in [1.82, 2.24) is 4.72 Å². The Hall–Kier alpha value is -0.310. The van der Waals surface area contributed by atoms with E-state index in [0.717, 1.165) is 4.47 Å². The third-order valence-corrected chi connectivity index (χ3v) is 4.05. The SMILES string of the molecule is CC(C)NS(=O)(=O)Nc1c(N)cc(Br)cc1Br. The Labute approximate surface area is 118 Å². The molecule has 0 aliphatic rings. The minimum Gasteiger partial charge on any atom is -0.397 e. The van der Waals surface area contributed by atoms with Gasteiger partial charge >= 0.3 is 0 Å². The van der Waals surface area contributed by atoms with E-state index in [1.807, 2.05) is 0 Å². The lowest BCUT2D eigenvalue weighted by Gasteiger charge is -2.14. The van der Waals surface area contributed by atoms with Crippen molar-refractivity contribution < 1.29 is 8.42 Å². The molecule has 0 amide bonds. The average molecular weight is 387 g/mol. The molecule has 0 aromatic heterocycles. The van der Waals surface area contributed by atoms with E-state index < -0.39 is 10.2 Å². The predicted molar refractivity (Wildman–Crippen MR) is 77.1 cm³/mol. The van der Waals surface area contributed by atoms with E-state index in [9.17, 15) is 8.42 Å². The number of nitrogens with two attached hydrogens (primary N) is 1. The molecule has 1 rings (SSSR count). The van der Waals surface area contributed by atoms with Gasteiger partial charge in [-0.25, -0.2) is 0 Å². The number of halogens is 2. The molecule has 8 heteroatoms. The third kappa shape index (κ3) is 4.46. The van der Waals surface area contributed by atoms with Gasteiger partial charge in [-0.3, -0.25) is 4.72 Å². The van der Waals surface area contributed by atoms with E-state index in [-0.39, 0.29) is 6.04 Å². The first-order valence-electron chi connectivity index (χ1n) is 4.76. The molecule has 0 fully saturated rings. The van der Waals surface area contributed by atoms with Gasteiger partial charge in [0.25, 0.3) is 10.2 Å². The quantitative estimate of drug-likeness (QED) is 0.695. The number of benzene rings is 1. The largest absolute Gasteiger partial charge is 0.397 e. The maximum atomic E-state index is 11.7. The molecule has 0 atom stereocenters. The highest BCUT2D eigenvalue weighted by atomic mass is 79.9. The van der Waals surface area contributed by atoms with E-state index >= 15 is 0 Å².